The molecule has 0 aliphatic rings. The van der Waals surface area contributed by atoms with Gasteiger partial charge in [0.1, 0.15) is 23.5 Å². The molecule has 0 amide bonds. The smallest absolute Gasteiger partial charge is 0.141 e. The van der Waals surface area contributed by atoms with Crippen LogP contribution in [0, 0.1) is 0 Å². The molecule has 0 unspecified atom stereocenters. The standard InChI is InChI=1S/C48H35B3N2/c49-44-42(33-26-27-41-39(29-33)37-24-13-23-36(31-16-6-2-7-17-31)47(37)52(41)34-19-8-3-9-20-34)45(50)46(51)48-43(44)38-22-10-11-25-40(38)53(48)35-21-12-18-32(28-35)30-14-4-1-5-15-30/h1-29H,49-51H2. The number of para-hydroxylation sites is 3. The van der Waals surface area contributed by atoms with E-state index >= 15 is 0 Å². The van der Waals surface area contributed by atoms with Crippen LogP contribution in [0.4, 0.5) is 0 Å². The van der Waals surface area contributed by atoms with Gasteiger partial charge in [-0.3, -0.25) is 0 Å². The minimum absolute atomic E-state index is 1.16. The summed E-state index contributed by atoms with van der Waals surface area (Å²) >= 11 is 0. The Kier molecular flexibility index (Phi) is 7.30. The van der Waals surface area contributed by atoms with Gasteiger partial charge in [0, 0.05) is 44.0 Å². The number of hydrogen-bond acceptors (Lipinski definition) is 0. The van der Waals surface area contributed by atoms with E-state index in [0.717, 1.165) is 5.69 Å². The fourth-order valence-electron chi connectivity index (χ4n) is 8.82. The molecule has 8 aromatic carbocycles. The highest BCUT2D eigenvalue weighted by molar-refractivity contribution is 6.60. The van der Waals surface area contributed by atoms with Crippen LogP contribution < -0.4 is 16.4 Å². The van der Waals surface area contributed by atoms with Gasteiger partial charge < -0.3 is 9.13 Å². The zero-order valence-electron chi connectivity index (χ0n) is 30.1. The van der Waals surface area contributed by atoms with Crippen LogP contribution >= 0.6 is 0 Å². The van der Waals surface area contributed by atoms with E-state index in [2.05, 4.69) is 209 Å². The van der Waals surface area contributed by atoms with Crippen LogP contribution in [0.3, 0.4) is 0 Å². The van der Waals surface area contributed by atoms with Gasteiger partial charge in [-0.15, -0.1) is 0 Å². The van der Waals surface area contributed by atoms with E-state index in [9.17, 15) is 0 Å². The molecule has 2 nitrogen and oxygen atoms in total. The maximum atomic E-state index is 2.48. The number of benzene rings is 8. The van der Waals surface area contributed by atoms with E-state index in [4.69, 9.17) is 0 Å². The molecule has 0 saturated carbocycles. The number of hydrogen-bond donors (Lipinski definition) is 0. The molecule has 10 aromatic rings. The molecule has 0 aliphatic heterocycles. The van der Waals surface area contributed by atoms with Crippen LogP contribution in [0.15, 0.2) is 176 Å². The lowest BCUT2D eigenvalue weighted by molar-refractivity contribution is 1.18. The second-order valence-electron chi connectivity index (χ2n) is 14.2. The molecule has 0 aliphatic carbocycles. The van der Waals surface area contributed by atoms with Gasteiger partial charge >= 0.3 is 0 Å². The minimum Gasteiger partial charge on any atom is -0.310 e. The van der Waals surface area contributed by atoms with E-state index in [1.165, 1.54) is 99.1 Å². The van der Waals surface area contributed by atoms with E-state index in [0.29, 0.717) is 0 Å². The first-order chi connectivity index (χ1) is 26.1. The fraction of sp³-hybridized carbons (Fsp3) is 0. The number of aromatic nitrogens is 2. The van der Waals surface area contributed by atoms with Crippen LogP contribution in [-0.4, -0.2) is 32.7 Å². The monoisotopic (exact) mass is 672 g/mol. The van der Waals surface area contributed by atoms with Crippen LogP contribution in [0.25, 0.3) is 88.4 Å². The van der Waals surface area contributed by atoms with Crippen molar-refractivity contribution in [1.29, 1.82) is 0 Å². The minimum atomic E-state index is 1.16. The number of nitrogens with zero attached hydrogens (tertiary/aromatic N) is 2. The molecule has 5 heteroatoms. The Morgan fingerprint density at radius 1 is 0.340 bits per heavy atom. The molecule has 0 fully saturated rings. The average molecular weight is 672 g/mol. The first-order valence-corrected chi connectivity index (χ1v) is 18.5. The molecule has 53 heavy (non-hydrogen) atoms. The Bertz CT molecular complexity index is 3020. The van der Waals surface area contributed by atoms with Gasteiger partial charge in [-0.2, -0.15) is 0 Å². The predicted molar refractivity (Wildman–Crippen MR) is 236 cm³/mol. The Morgan fingerprint density at radius 3 is 1.70 bits per heavy atom. The molecule has 0 bridgehead atoms. The zero-order valence-corrected chi connectivity index (χ0v) is 30.1. The summed E-state index contributed by atoms with van der Waals surface area (Å²) in [4.78, 5) is 0. The maximum absolute atomic E-state index is 2.48. The summed E-state index contributed by atoms with van der Waals surface area (Å²) in [6.07, 6.45) is 0. The Hall–Kier alpha value is -6.45. The quantitative estimate of drug-likeness (QED) is 0.166. The highest BCUT2D eigenvalue weighted by Crippen LogP contribution is 2.40. The van der Waals surface area contributed by atoms with Crippen molar-refractivity contribution >= 4 is 83.5 Å². The highest BCUT2D eigenvalue weighted by atomic mass is 15.0. The Labute approximate surface area is 312 Å². The van der Waals surface area contributed by atoms with Crippen molar-refractivity contribution in [3.05, 3.63) is 176 Å². The summed E-state index contributed by atoms with van der Waals surface area (Å²) in [5.41, 5.74) is 18.7. The molecule has 10 rings (SSSR count). The summed E-state index contributed by atoms with van der Waals surface area (Å²) in [7, 11) is 6.94. The Balaban J connectivity index is 1.24. The molecule has 0 atom stereocenters. The molecular formula is C48H35B3N2. The lowest BCUT2D eigenvalue weighted by atomic mass is 9.69. The van der Waals surface area contributed by atoms with Crippen LogP contribution in [0.5, 0.6) is 0 Å². The number of rotatable bonds is 5. The third kappa shape index (κ3) is 4.84. The molecule has 0 saturated heterocycles. The third-order valence-electron chi connectivity index (χ3n) is 11.3. The molecule has 2 heterocycles. The van der Waals surface area contributed by atoms with E-state index in [-0.39, 0.29) is 0 Å². The fourth-order valence-corrected chi connectivity index (χ4v) is 8.82. The normalized spacial score (nSPS) is 11.6. The van der Waals surface area contributed by atoms with Gasteiger partial charge in [0.25, 0.3) is 0 Å². The Morgan fingerprint density at radius 2 is 0.925 bits per heavy atom. The average Bonchev–Trinajstić information content (AvgIpc) is 3.75. The van der Waals surface area contributed by atoms with Crippen molar-refractivity contribution in [2.75, 3.05) is 0 Å². The SMILES string of the molecule is Bc1c(-c2ccc3c(c2)c2cccc(-c4ccccc4)c2n3-c2ccccc2)c(B)c2c3ccccc3n(-c3cccc(-c4ccccc4)c3)c2c1B. The van der Waals surface area contributed by atoms with Gasteiger partial charge in [0.2, 0.25) is 0 Å². The van der Waals surface area contributed by atoms with Crippen LogP contribution in [-0.2, 0) is 0 Å². The van der Waals surface area contributed by atoms with Crippen LogP contribution in [0.2, 0.25) is 0 Å². The first kappa shape index (κ1) is 31.3. The molecular weight excluding hydrogens is 637 g/mol. The van der Waals surface area contributed by atoms with E-state index < -0.39 is 0 Å². The second-order valence-corrected chi connectivity index (χ2v) is 14.2. The van der Waals surface area contributed by atoms with Crippen molar-refractivity contribution in [3.8, 4) is 44.8 Å². The van der Waals surface area contributed by atoms with Crippen molar-refractivity contribution in [2.45, 2.75) is 0 Å². The van der Waals surface area contributed by atoms with Crippen molar-refractivity contribution in [2.24, 2.45) is 0 Å². The van der Waals surface area contributed by atoms with Crippen molar-refractivity contribution < 1.29 is 0 Å². The molecule has 0 spiro atoms. The maximum Gasteiger partial charge on any atom is 0.141 e. The van der Waals surface area contributed by atoms with Gasteiger partial charge in [0.05, 0.1) is 16.6 Å². The van der Waals surface area contributed by atoms with Crippen molar-refractivity contribution in [3.63, 3.8) is 0 Å². The largest absolute Gasteiger partial charge is 0.310 e. The molecule has 0 radical (unpaired) electrons. The molecule has 246 valence electrons. The summed E-state index contributed by atoms with van der Waals surface area (Å²) in [6, 6.07) is 64.0. The topological polar surface area (TPSA) is 9.86 Å². The lowest BCUT2D eigenvalue weighted by Gasteiger charge is -2.19. The van der Waals surface area contributed by atoms with Gasteiger partial charge in [-0.1, -0.05) is 150 Å². The third-order valence-corrected chi connectivity index (χ3v) is 11.3. The second kappa shape index (κ2) is 12.4. The summed E-state index contributed by atoms with van der Waals surface area (Å²) in [6.45, 7) is 0. The van der Waals surface area contributed by atoms with Crippen molar-refractivity contribution in [1.82, 2.24) is 9.13 Å². The summed E-state index contributed by atoms with van der Waals surface area (Å²) in [5.74, 6) is 0. The number of fused-ring (bicyclic) bond motifs is 6. The summed E-state index contributed by atoms with van der Waals surface area (Å²) < 4.78 is 4.93. The summed E-state index contributed by atoms with van der Waals surface area (Å²) in [5, 5.41) is 5.12. The molecule has 0 N–H and O–H groups in total. The van der Waals surface area contributed by atoms with E-state index in [1.54, 1.807) is 0 Å². The first-order valence-electron chi connectivity index (χ1n) is 18.5. The van der Waals surface area contributed by atoms with Gasteiger partial charge in [-0.25, -0.2) is 0 Å². The van der Waals surface area contributed by atoms with E-state index in [1.807, 2.05) is 0 Å². The predicted octanol–water partition coefficient (Wildman–Crippen LogP) is 7.66. The van der Waals surface area contributed by atoms with Gasteiger partial charge in [0.15, 0.2) is 0 Å². The highest BCUT2D eigenvalue weighted by Gasteiger charge is 2.23. The van der Waals surface area contributed by atoms with Gasteiger partial charge in [-0.05, 0) is 70.3 Å². The molecule has 2 aromatic heterocycles. The lowest BCUT2D eigenvalue weighted by Crippen LogP contribution is -2.35. The van der Waals surface area contributed by atoms with Crippen LogP contribution in [0.1, 0.15) is 0 Å². The zero-order chi connectivity index (χ0) is 35.6.